The summed E-state index contributed by atoms with van der Waals surface area (Å²) in [6.45, 7) is 2.08. The van der Waals surface area contributed by atoms with E-state index in [1.54, 1.807) is 0 Å². The van der Waals surface area contributed by atoms with Crippen LogP contribution in [0.3, 0.4) is 0 Å². The Labute approximate surface area is 181 Å². The number of hydrogen-bond acceptors (Lipinski definition) is 3. The van der Waals surface area contributed by atoms with Crippen molar-refractivity contribution in [3.8, 4) is 0 Å². The average Bonchev–Trinajstić information content (AvgIpc) is 2.67. The Kier molecular flexibility index (Phi) is 10.3. The number of aryl methyl sites for hydroxylation is 1. The molecule has 0 radical (unpaired) electrons. The molecule has 0 aliphatic heterocycles. The SMILES string of the molecule is CS(=O)(=O)N[C@H](c1ccccc1)[C@H](N)c1ccccc1.Cc1ccccc1.[Ru]. The minimum Gasteiger partial charge on any atom is -0.322 e. The molecule has 0 bridgehead atoms. The van der Waals surface area contributed by atoms with Gasteiger partial charge in [-0.3, -0.25) is 0 Å². The van der Waals surface area contributed by atoms with Gasteiger partial charge in [-0.25, -0.2) is 13.1 Å². The molecule has 0 aliphatic carbocycles. The maximum atomic E-state index is 11.6. The summed E-state index contributed by atoms with van der Waals surface area (Å²) in [5, 5.41) is 0. The van der Waals surface area contributed by atoms with Gasteiger partial charge >= 0.3 is 0 Å². The van der Waals surface area contributed by atoms with Crippen LogP contribution in [-0.2, 0) is 29.5 Å². The van der Waals surface area contributed by atoms with Crippen LogP contribution in [-0.4, -0.2) is 14.7 Å². The molecule has 4 nitrogen and oxygen atoms in total. The first-order valence-corrected chi connectivity index (χ1v) is 10.6. The van der Waals surface area contributed by atoms with Crippen molar-refractivity contribution in [1.29, 1.82) is 0 Å². The van der Waals surface area contributed by atoms with E-state index in [4.69, 9.17) is 5.73 Å². The van der Waals surface area contributed by atoms with Crippen molar-refractivity contribution in [3.63, 3.8) is 0 Å². The fourth-order valence-corrected chi connectivity index (χ4v) is 3.39. The second-order valence-electron chi connectivity index (χ2n) is 6.37. The van der Waals surface area contributed by atoms with E-state index in [2.05, 4.69) is 23.8 Å². The van der Waals surface area contributed by atoms with E-state index in [1.807, 2.05) is 78.9 Å². The van der Waals surface area contributed by atoms with Crippen molar-refractivity contribution >= 4 is 10.0 Å². The first-order valence-electron chi connectivity index (χ1n) is 8.71. The van der Waals surface area contributed by atoms with Gasteiger partial charge < -0.3 is 5.73 Å². The van der Waals surface area contributed by atoms with Crippen molar-refractivity contribution in [2.75, 3.05) is 6.26 Å². The van der Waals surface area contributed by atoms with Gasteiger partial charge in [-0.1, -0.05) is 96.6 Å². The summed E-state index contributed by atoms with van der Waals surface area (Å²) >= 11 is 0. The van der Waals surface area contributed by atoms with Crippen molar-refractivity contribution in [1.82, 2.24) is 4.72 Å². The Hall–Kier alpha value is -1.85. The van der Waals surface area contributed by atoms with E-state index in [0.29, 0.717) is 0 Å². The van der Waals surface area contributed by atoms with E-state index < -0.39 is 22.1 Å². The van der Waals surface area contributed by atoms with Crippen LogP contribution in [0.5, 0.6) is 0 Å². The standard InChI is InChI=1S/C15H18N2O2S.C7H8.Ru/c1-20(18,19)17-15(13-10-6-3-7-11-13)14(16)12-8-4-2-5-9-12;1-7-5-3-2-4-6-7;/h2-11,14-15,17H,16H2,1H3;2-6H,1H3;/t14-,15-;;/m1../s1. The van der Waals surface area contributed by atoms with Crippen molar-refractivity contribution in [2.24, 2.45) is 5.73 Å². The van der Waals surface area contributed by atoms with Gasteiger partial charge in [-0.2, -0.15) is 0 Å². The molecule has 0 saturated heterocycles. The molecule has 0 fully saturated rings. The summed E-state index contributed by atoms with van der Waals surface area (Å²) in [5.41, 5.74) is 9.30. The van der Waals surface area contributed by atoms with Crippen molar-refractivity contribution in [3.05, 3.63) is 108 Å². The van der Waals surface area contributed by atoms with Gasteiger partial charge in [0, 0.05) is 19.5 Å². The molecule has 6 heteroatoms. The fraction of sp³-hybridized carbons (Fsp3) is 0.182. The summed E-state index contributed by atoms with van der Waals surface area (Å²) in [6, 6.07) is 28.1. The van der Waals surface area contributed by atoms with Crippen LogP contribution in [0.15, 0.2) is 91.0 Å². The molecule has 0 saturated carbocycles. The predicted octanol–water partition coefficient (Wildman–Crippen LogP) is 3.97. The van der Waals surface area contributed by atoms with Crippen LogP contribution in [0.1, 0.15) is 28.8 Å². The van der Waals surface area contributed by atoms with Crippen LogP contribution >= 0.6 is 0 Å². The monoisotopic (exact) mass is 484 g/mol. The quantitative estimate of drug-likeness (QED) is 0.540. The number of hydrogen-bond donors (Lipinski definition) is 2. The molecular weight excluding hydrogens is 457 g/mol. The molecule has 0 aliphatic rings. The summed E-state index contributed by atoms with van der Waals surface area (Å²) in [5.74, 6) is 0. The minimum absolute atomic E-state index is 0. The molecule has 0 amide bonds. The van der Waals surface area contributed by atoms with Crippen LogP contribution in [0.4, 0.5) is 0 Å². The third kappa shape index (κ3) is 8.45. The summed E-state index contributed by atoms with van der Waals surface area (Å²) in [4.78, 5) is 0. The van der Waals surface area contributed by atoms with Gasteiger partial charge in [0.1, 0.15) is 0 Å². The van der Waals surface area contributed by atoms with E-state index in [9.17, 15) is 8.42 Å². The smallest absolute Gasteiger partial charge is 0.209 e. The zero-order valence-corrected chi connectivity index (χ0v) is 18.5. The average molecular weight is 484 g/mol. The number of rotatable bonds is 5. The molecule has 0 heterocycles. The van der Waals surface area contributed by atoms with E-state index >= 15 is 0 Å². The zero-order valence-electron chi connectivity index (χ0n) is 16.0. The van der Waals surface area contributed by atoms with Gasteiger partial charge in [0.2, 0.25) is 10.0 Å². The molecule has 28 heavy (non-hydrogen) atoms. The number of sulfonamides is 1. The van der Waals surface area contributed by atoms with Crippen molar-refractivity contribution < 1.29 is 27.9 Å². The van der Waals surface area contributed by atoms with E-state index in [0.717, 1.165) is 17.4 Å². The molecule has 0 aromatic heterocycles. The summed E-state index contributed by atoms with van der Waals surface area (Å²) < 4.78 is 25.8. The Morgan fingerprint density at radius 3 is 1.50 bits per heavy atom. The fourth-order valence-electron chi connectivity index (χ4n) is 2.64. The maximum absolute atomic E-state index is 11.6. The van der Waals surface area contributed by atoms with Crippen LogP contribution in [0.25, 0.3) is 0 Å². The van der Waals surface area contributed by atoms with Crippen LogP contribution in [0, 0.1) is 6.92 Å². The van der Waals surface area contributed by atoms with Gasteiger partial charge in [0.05, 0.1) is 18.3 Å². The Bertz CT molecular complexity index is 905. The van der Waals surface area contributed by atoms with Gasteiger partial charge in [-0.05, 0) is 18.1 Å². The predicted molar refractivity (Wildman–Crippen MR) is 112 cm³/mol. The zero-order chi connectivity index (χ0) is 19.7. The number of nitrogens with two attached hydrogens (primary N) is 1. The number of nitrogens with one attached hydrogen (secondary N) is 1. The third-order valence-electron chi connectivity index (χ3n) is 3.98. The molecule has 2 atom stereocenters. The Morgan fingerprint density at radius 1 is 0.750 bits per heavy atom. The molecular formula is C22H26N2O2RuS. The first-order chi connectivity index (χ1) is 12.9. The van der Waals surface area contributed by atoms with Gasteiger partial charge in [0.15, 0.2) is 0 Å². The molecule has 0 unspecified atom stereocenters. The summed E-state index contributed by atoms with van der Waals surface area (Å²) in [7, 11) is -3.35. The third-order valence-corrected chi connectivity index (χ3v) is 4.67. The second kappa shape index (κ2) is 11.9. The molecule has 0 spiro atoms. The first kappa shape index (κ1) is 24.2. The molecule has 150 valence electrons. The van der Waals surface area contributed by atoms with E-state index in [-0.39, 0.29) is 19.5 Å². The number of benzene rings is 3. The van der Waals surface area contributed by atoms with Crippen molar-refractivity contribution in [2.45, 2.75) is 19.0 Å². The van der Waals surface area contributed by atoms with Gasteiger partial charge in [-0.15, -0.1) is 0 Å². The largest absolute Gasteiger partial charge is 0.322 e. The Balaban J connectivity index is 0.000000414. The van der Waals surface area contributed by atoms with Crippen LogP contribution < -0.4 is 10.5 Å². The normalized spacial score (nSPS) is 12.7. The molecule has 3 rings (SSSR count). The minimum atomic E-state index is -3.35. The van der Waals surface area contributed by atoms with Gasteiger partial charge in [0.25, 0.3) is 0 Å². The van der Waals surface area contributed by atoms with Crippen LogP contribution in [0.2, 0.25) is 0 Å². The molecule has 3 N–H and O–H groups in total. The maximum Gasteiger partial charge on any atom is 0.209 e. The molecule has 3 aromatic carbocycles. The Morgan fingerprint density at radius 2 is 1.14 bits per heavy atom. The summed E-state index contributed by atoms with van der Waals surface area (Å²) in [6.07, 6.45) is 1.14. The topological polar surface area (TPSA) is 72.2 Å². The van der Waals surface area contributed by atoms with E-state index in [1.165, 1.54) is 5.56 Å². The molecule has 3 aromatic rings. The second-order valence-corrected chi connectivity index (χ2v) is 8.15.